The largest absolute Gasteiger partial charge is 0.351 e. The Hall–Kier alpha value is -2.79. The molecule has 1 aliphatic heterocycles. The first-order chi connectivity index (χ1) is 12.4. The van der Waals surface area contributed by atoms with Crippen molar-refractivity contribution >= 4 is 28.1 Å². The summed E-state index contributed by atoms with van der Waals surface area (Å²) >= 11 is 1.86. The molecule has 1 aliphatic rings. The summed E-state index contributed by atoms with van der Waals surface area (Å²) in [5, 5.41) is 3.29. The Morgan fingerprint density at radius 3 is 2.88 bits per heavy atom. The van der Waals surface area contributed by atoms with Crippen molar-refractivity contribution in [3.63, 3.8) is 0 Å². The van der Waals surface area contributed by atoms with Crippen molar-refractivity contribution in [3.8, 4) is 11.4 Å². The van der Waals surface area contributed by atoms with Crippen molar-refractivity contribution in [2.45, 2.75) is 13.0 Å². The van der Waals surface area contributed by atoms with Gasteiger partial charge in [0, 0.05) is 41.3 Å². The highest BCUT2D eigenvalue weighted by atomic mass is 32.1. The van der Waals surface area contributed by atoms with Gasteiger partial charge in [-0.15, -0.1) is 11.3 Å². The number of aromatic nitrogens is 3. The predicted molar refractivity (Wildman–Crippen MR) is 102 cm³/mol. The first kappa shape index (κ1) is 14.5. The fourth-order valence-electron chi connectivity index (χ4n) is 3.35. The molecular weight excluding hydrogens is 328 g/mol. The van der Waals surface area contributed by atoms with Gasteiger partial charge in [0.2, 0.25) is 0 Å². The Morgan fingerprint density at radius 2 is 1.96 bits per heavy atom. The number of fused-ring (bicyclic) bond motifs is 2. The number of rotatable bonds is 2. The molecule has 0 N–H and O–H groups in total. The molecule has 4 aromatic rings. The van der Waals surface area contributed by atoms with Crippen molar-refractivity contribution in [3.05, 3.63) is 70.7 Å². The van der Waals surface area contributed by atoms with E-state index in [1.54, 1.807) is 6.20 Å². The first-order valence-corrected chi connectivity index (χ1v) is 9.24. The van der Waals surface area contributed by atoms with Crippen molar-refractivity contribution in [2.75, 3.05) is 11.4 Å². The summed E-state index contributed by atoms with van der Waals surface area (Å²) in [6, 6.07) is 14.4. The minimum atomic E-state index is 0.734. The van der Waals surface area contributed by atoms with E-state index in [0.29, 0.717) is 0 Å². The maximum atomic E-state index is 4.93. The number of nitrogens with zero attached hydrogens (tertiary/aromatic N) is 4. The van der Waals surface area contributed by atoms with Crippen molar-refractivity contribution < 1.29 is 0 Å². The van der Waals surface area contributed by atoms with Gasteiger partial charge >= 0.3 is 0 Å². The number of pyridine rings is 1. The second kappa shape index (κ2) is 5.93. The van der Waals surface area contributed by atoms with Crippen LogP contribution in [0.1, 0.15) is 10.4 Å². The van der Waals surface area contributed by atoms with Gasteiger partial charge in [0.15, 0.2) is 5.82 Å². The zero-order chi connectivity index (χ0) is 16.6. The van der Waals surface area contributed by atoms with Crippen LogP contribution < -0.4 is 4.90 Å². The quantitative estimate of drug-likeness (QED) is 0.543. The number of benzene rings is 1. The Kier molecular flexibility index (Phi) is 3.45. The molecule has 0 saturated carbocycles. The predicted octanol–water partition coefficient (Wildman–Crippen LogP) is 4.32. The van der Waals surface area contributed by atoms with Gasteiger partial charge in [-0.25, -0.2) is 9.97 Å². The van der Waals surface area contributed by atoms with Crippen LogP contribution in [0.25, 0.3) is 22.3 Å². The topological polar surface area (TPSA) is 41.9 Å². The average molecular weight is 344 g/mol. The van der Waals surface area contributed by atoms with E-state index in [1.165, 1.54) is 10.4 Å². The maximum Gasteiger partial charge on any atom is 0.163 e. The van der Waals surface area contributed by atoms with Gasteiger partial charge in [0.1, 0.15) is 5.82 Å². The molecule has 4 nitrogen and oxygen atoms in total. The van der Waals surface area contributed by atoms with Crippen LogP contribution in [-0.2, 0) is 13.0 Å². The minimum absolute atomic E-state index is 0.734. The standard InChI is InChI=1S/C20H16N4S/c1-2-6-17-16(5-1)20(23-19(22-17)14-4-3-9-21-12-14)24-10-7-18-15(13-24)8-11-25-18/h1-6,8-9,11-12H,7,10,13H2. The number of hydrogen-bond donors (Lipinski definition) is 0. The van der Waals surface area contributed by atoms with Crippen LogP contribution >= 0.6 is 11.3 Å². The van der Waals surface area contributed by atoms with Gasteiger partial charge in [0.25, 0.3) is 0 Å². The molecular formula is C20H16N4S. The number of anilines is 1. The fourth-order valence-corrected chi connectivity index (χ4v) is 4.24. The Morgan fingerprint density at radius 1 is 1.00 bits per heavy atom. The summed E-state index contributed by atoms with van der Waals surface area (Å²) in [7, 11) is 0. The van der Waals surface area contributed by atoms with E-state index in [4.69, 9.17) is 9.97 Å². The highest BCUT2D eigenvalue weighted by Gasteiger charge is 2.21. The molecule has 25 heavy (non-hydrogen) atoms. The molecule has 5 heteroatoms. The summed E-state index contributed by atoms with van der Waals surface area (Å²) in [5.41, 5.74) is 3.34. The van der Waals surface area contributed by atoms with Crippen LogP contribution in [0.5, 0.6) is 0 Å². The molecule has 0 saturated heterocycles. The molecule has 122 valence electrons. The second-order valence-corrected chi connectivity index (χ2v) is 7.17. The minimum Gasteiger partial charge on any atom is -0.351 e. The highest BCUT2D eigenvalue weighted by Crippen LogP contribution is 2.32. The lowest BCUT2D eigenvalue weighted by atomic mass is 10.1. The second-order valence-electron chi connectivity index (χ2n) is 6.17. The molecule has 0 amide bonds. The summed E-state index contributed by atoms with van der Waals surface area (Å²) in [6.07, 6.45) is 4.67. The summed E-state index contributed by atoms with van der Waals surface area (Å²) in [6.45, 7) is 1.90. The van der Waals surface area contributed by atoms with Crippen LogP contribution in [-0.4, -0.2) is 21.5 Å². The van der Waals surface area contributed by atoms with E-state index in [9.17, 15) is 0 Å². The lowest BCUT2D eigenvalue weighted by molar-refractivity contribution is 0.735. The first-order valence-electron chi connectivity index (χ1n) is 8.36. The van der Waals surface area contributed by atoms with E-state index in [2.05, 4.69) is 39.5 Å². The highest BCUT2D eigenvalue weighted by molar-refractivity contribution is 7.10. The van der Waals surface area contributed by atoms with Gasteiger partial charge in [-0.05, 0) is 47.7 Å². The number of thiophene rings is 1. The lowest BCUT2D eigenvalue weighted by Crippen LogP contribution is -2.30. The van der Waals surface area contributed by atoms with Gasteiger partial charge in [-0.3, -0.25) is 4.98 Å². The monoisotopic (exact) mass is 344 g/mol. The summed E-state index contributed by atoms with van der Waals surface area (Å²) in [4.78, 5) is 17.8. The average Bonchev–Trinajstić information content (AvgIpc) is 3.15. The third-order valence-electron chi connectivity index (χ3n) is 4.61. The van der Waals surface area contributed by atoms with E-state index in [0.717, 1.165) is 47.6 Å². The van der Waals surface area contributed by atoms with Gasteiger partial charge in [-0.2, -0.15) is 0 Å². The third kappa shape index (κ3) is 2.57. The van der Waals surface area contributed by atoms with Crippen LogP contribution in [0.15, 0.2) is 60.2 Å². The summed E-state index contributed by atoms with van der Waals surface area (Å²) in [5.74, 6) is 1.75. The third-order valence-corrected chi connectivity index (χ3v) is 5.63. The van der Waals surface area contributed by atoms with E-state index < -0.39 is 0 Å². The molecule has 5 rings (SSSR count). The van der Waals surface area contributed by atoms with Crippen molar-refractivity contribution in [1.29, 1.82) is 0 Å². The zero-order valence-corrected chi connectivity index (χ0v) is 14.4. The number of para-hydroxylation sites is 1. The lowest BCUT2D eigenvalue weighted by Gasteiger charge is -2.29. The van der Waals surface area contributed by atoms with Crippen LogP contribution in [0.3, 0.4) is 0 Å². The van der Waals surface area contributed by atoms with E-state index in [-0.39, 0.29) is 0 Å². The van der Waals surface area contributed by atoms with E-state index in [1.807, 2.05) is 35.7 Å². The maximum absolute atomic E-state index is 4.93. The molecule has 0 radical (unpaired) electrons. The summed E-state index contributed by atoms with van der Waals surface area (Å²) < 4.78 is 0. The normalized spacial score (nSPS) is 13.8. The molecule has 1 aromatic carbocycles. The van der Waals surface area contributed by atoms with Crippen LogP contribution in [0.4, 0.5) is 5.82 Å². The molecule has 4 heterocycles. The Labute approximate surface area is 149 Å². The molecule has 0 unspecified atom stereocenters. The van der Waals surface area contributed by atoms with E-state index >= 15 is 0 Å². The molecule has 3 aromatic heterocycles. The SMILES string of the molecule is c1cncc(-c2nc(N3CCc4sccc4C3)c3ccccc3n2)c1. The zero-order valence-electron chi connectivity index (χ0n) is 13.6. The number of hydrogen-bond acceptors (Lipinski definition) is 5. The van der Waals surface area contributed by atoms with Gasteiger partial charge in [-0.1, -0.05) is 12.1 Å². The van der Waals surface area contributed by atoms with Gasteiger partial charge < -0.3 is 4.90 Å². The molecule has 0 spiro atoms. The fraction of sp³-hybridized carbons (Fsp3) is 0.150. The van der Waals surface area contributed by atoms with Gasteiger partial charge in [0.05, 0.1) is 5.52 Å². The molecule has 0 aliphatic carbocycles. The molecule has 0 bridgehead atoms. The van der Waals surface area contributed by atoms with Crippen molar-refractivity contribution in [2.24, 2.45) is 0 Å². The van der Waals surface area contributed by atoms with Crippen LogP contribution in [0.2, 0.25) is 0 Å². The van der Waals surface area contributed by atoms with Crippen molar-refractivity contribution in [1.82, 2.24) is 15.0 Å². The smallest absolute Gasteiger partial charge is 0.163 e. The van der Waals surface area contributed by atoms with Crippen LogP contribution in [0, 0.1) is 0 Å². The molecule has 0 fully saturated rings. The Balaban J connectivity index is 1.66. The Bertz CT molecular complexity index is 1040. The molecule has 0 atom stereocenters.